The van der Waals surface area contributed by atoms with Gasteiger partial charge in [-0.05, 0) is 39.8 Å². The first-order valence-corrected chi connectivity index (χ1v) is 14.4. The number of aliphatic hydroxyl groups is 1. The molecular formula is C24H35N6O8P. The van der Waals surface area contributed by atoms with Gasteiger partial charge in [0.2, 0.25) is 5.60 Å². The molecule has 214 valence electrons. The van der Waals surface area contributed by atoms with Crippen LogP contribution in [0.1, 0.15) is 47.2 Å². The third kappa shape index (κ3) is 5.92. The lowest BCUT2D eigenvalue weighted by Crippen LogP contribution is -2.54. The molecule has 1 unspecified atom stereocenters. The summed E-state index contributed by atoms with van der Waals surface area (Å²) in [5.41, 5.74) is 2.16. The molecular weight excluding hydrogens is 531 g/mol. The number of aromatic nitrogens is 3. The second kappa shape index (κ2) is 11.2. The van der Waals surface area contributed by atoms with Crippen LogP contribution in [0.5, 0.6) is 0 Å². The zero-order valence-corrected chi connectivity index (χ0v) is 23.8. The van der Waals surface area contributed by atoms with Gasteiger partial charge in [-0.2, -0.15) is 10.4 Å². The summed E-state index contributed by atoms with van der Waals surface area (Å²) in [4.78, 5) is 28.7. The summed E-state index contributed by atoms with van der Waals surface area (Å²) in [6.07, 6.45) is -1.85. The number of nitrogens with zero attached hydrogens (tertiary/aromatic N) is 4. The van der Waals surface area contributed by atoms with Gasteiger partial charge < -0.3 is 29.6 Å². The third-order valence-corrected chi connectivity index (χ3v) is 7.76. The number of hydrogen-bond donors (Lipinski definition) is 3. The summed E-state index contributed by atoms with van der Waals surface area (Å²) in [6, 6.07) is 4.12. The fourth-order valence-corrected chi connectivity index (χ4v) is 5.59. The smallest absolute Gasteiger partial charge is 0.323 e. The number of fused-ring (bicyclic) bond motifs is 1. The predicted molar refractivity (Wildman–Crippen MR) is 138 cm³/mol. The van der Waals surface area contributed by atoms with Gasteiger partial charge in [-0.25, -0.2) is 14.6 Å². The SMILES string of the molecule is CC(C)OC(=O)[C@H](C)NP(C)(=O)OC[C@H]1O[C@@](C#N)(c2ccc3c(N)ncnn23)[C@](C)(O)[C@@H]1OC(=O)C(C)C. The monoisotopic (exact) mass is 566 g/mol. The molecule has 0 bridgehead atoms. The second-order valence-electron chi connectivity index (χ2n) is 10.2. The number of nitrogens with two attached hydrogens (primary N) is 1. The van der Waals surface area contributed by atoms with Crippen molar-refractivity contribution in [2.45, 2.75) is 77.1 Å². The van der Waals surface area contributed by atoms with E-state index in [1.165, 1.54) is 37.4 Å². The Morgan fingerprint density at radius 3 is 2.56 bits per heavy atom. The Morgan fingerprint density at radius 1 is 1.31 bits per heavy atom. The minimum atomic E-state index is -3.65. The number of ether oxygens (including phenoxy) is 3. The lowest BCUT2D eigenvalue weighted by Gasteiger charge is -2.34. The third-order valence-electron chi connectivity index (χ3n) is 6.27. The largest absolute Gasteiger partial charge is 0.462 e. The van der Waals surface area contributed by atoms with Crippen LogP contribution in [0.3, 0.4) is 0 Å². The Kier molecular flexibility index (Phi) is 8.74. The average molecular weight is 567 g/mol. The number of carbonyl (C=O) groups is 2. The molecule has 6 atom stereocenters. The van der Waals surface area contributed by atoms with Gasteiger partial charge in [-0.1, -0.05) is 13.8 Å². The molecule has 0 saturated carbocycles. The molecule has 2 aromatic heterocycles. The van der Waals surface area contributed by atoms with E-state index in [4.69, 9.17) is 24.5 Å². The van der Waals surface area contributed by atoms with E-state index in [-0.39, 0.29) is 17.6 Å². The normalized spacial score (nSPS) is 27.3. The summed E-state index contributed by atoms with van der Waals surface area (Å²) < 4.78 is 37.0. The van der Waals surface area contributed by atoms with E-state index in [9.17, 15) is 24.5 Å². The van der Waals surface area contributed by atoms with Gasteiger partial charge in [0.25, 0.3) is 7.52 Å². The van der Waals surface area contributed by atoms with Crippen molar-refractivity contribution in [3.8, 4) is 6.07 Å². The first-order chi connectivity index (χ1) is 18.1. The van der Waals surface area contributed by atoms with Crippen molar-refractivity contribution in [2.24, 2.45) is 5.92 Å². The van der Waals surface area contributed by atoms with E-state index >= 15 is 0 Å². The summed E-state index contributed by atoms with van der Waals surface area (Å²) in [5, 5.41) is 28.9. The molecule has 0 spiro atoms. The topological polar surface area (TPSA) is 200 Å². The minimum Gasteiger partial charge on any atom is -0.462 e. The number of anilines is 1. The quantitative estimate of drug-likeness (QED) is 0.276. The fraction of sp³-hybridized carbons (Fsp3) is 0.625. The summed E-state index contributed by atoms with van der Waals surface area (Å²) >= 11 is 0. The second-order valence-corrected chi connectivity index (χ2v) is 12.5. The fourth-order valence-electron chi connectivity index (χ4n) is 4.27. The van der Waals surface area contributed by atoms with Crippen LogP contribution in [-0.4, -0.2) is 74.9 Å². The van der Waals surface area contributed by atoms with Crippen molar-refractivity contribution in [1.29, 1.82) is 5.26 Å². The maximum Gasteiger partial charge on any atom is 0.323 e. The highest BCUT2D eigenvalue weighted by atomic mass is 31.2. The molecule has 1 aliphatic heterocycles. The van der Waals surface area contributed by atoms with E-state index in [1.54, 1.807) is 33.8 Å². The summed E-state index contributed by atoms with van der Waals surface area (Å²) in [5.74, 6) is -1.71. The maximum atomic E-state index is 13.2. The van der Waals surface area contributed by atoms with Crippen LogP contribution in [0.4, 0.5) is 5.82 Å². The Bertz CT molecular complexity index is 1320. The molecule has 3 rings (SSSR count). The molecule has 4 N–H and O–H groups in total. The molecule has 0 radical (unpaired) electrons. The number of nitriles is 1. The predicted octanol–water partition coefficient (Wildman–Crippen LogP) is 1.52. The molecule has 14 nitrogen and oxygen atoms in total. The number of hydrogen-bond acceptors (Lipinski definition) is 12. The molecule has 0 amide bonds. The van der Waals surface area contributed by atoms with Crippen LogP contribution in [-0.2, 0) is 38.5 Å². The Morgan fingerprint density at radius 2 is 1.97 bits per heavy atom. The Labute approximate surface area is 226 Å². The van der Waals surface area contributed by atoms with Gasteiger partial charge in [0, 0.05) is 6.66 Å². The molecule has 0 aliphatic carbocycles. The van der Waals surface area contributed by atoms with E-state index in [0.717, 1.165) is 0 Å². The molecule has 39 heavy (non-hydrogen) atoms. The van der Waals surface area contributed by atoms with Crippen LogP contribution in [0, 0.1) is 17.2 Å². The van der Waals surface area contributed by atoms with Gasteiger partial charge in [0.05, 0.1) is 24.3 Å². The summed E-state index contributed by atoms with van der Waals surface area (Å²) in [7, 11) is -3.65. The number of nitrogens with one attached hydrogen (secondary N) is 1. The Balaban J connectivity index is 1.96. The van der Waals surface area contributed by atoms with E-state index in [2.05, 4.69) is 15.2 Å². The molecule has 0 aromatic carbocycles. The van der Waals surface area contributed by atoms with Crippen molar-refractivity contribution >= 4 is 30.8 Å². The van der Waals surface area contributed by atoms with Crippen molar-refractivity contribution < 1.29 is 38.0 Å². The average Bonchev–Trinajstić information content (AvgIpc) is 3.35. The van der Waals surface area contributed by atoms with Crippen LogP contribution in [0.25, 0.3) is 5.52 Å². The first-order valence-electron chi connectivity index (χ1n) is 12.4. The maximum absolute atomic E-state index is 13.2. The van der Waals surface area contributed by atoms with E-state index < -0.39 is 61.4 Å². The lowest BCUT2D eigenvalue weighted by molar-refractivity contribution is -0.168. The van der Waals surface area contributed by atoms with Crippen LogP contribution in [0.15, 0.2) is 18.5 Å². The van der Waals surface area contributed by atoms with Crippen LogP contribution < -0.4 is 10.8 Å². The molecule has 2 aromatic rings. The zero-order chi connectivity index (χ0) is 29.3. The molecule has 3 heterocycles. The number of rotatable bonds is 10. The van der Waals surface area contributed by atoms with Crippen molar-refractivity contribution in [1.82, 2.24) is 19.7 Å². The molecule has 1 fully saturated rings. The van der Waals surface area contributed by atoms with E-state index in [1.807, 2.05) is 6.07 Å². The molecule has 15 heteroatoms. The van der Waals surface area contributed by atoms with Gasteiger partial charge in [-0.15, -0.1) is 0 Å². The number of nitrogen functional groups attached to an aromatic ring is 1. The number of esters is 2. The lowest BCUT2D eigenvalue weighted by atomic mass is 9.80. The highest BCUT2D eigenvalue weighted by Crippen LogP contribution is 2.50. The molecule has 1 saturated heterocycles. The van der Waals surface area contributed by atoms with E-state index in [0.29, 0.717) is 5.52 Å². The van der Waals surface area contributed by atoms with Crippen LogP contribution in [0.2, 0.25) is 0 Å². The highest BCUT2D eigenvalue weighted by molar-refractivity contribution is 7.56. The van der Waals surface area contributed by atoms with Crippen LogP contribution >= 0.6 is 7.52 Å². The molecule has 1 aliphatic rings. The Hall–Kier alpha value is -3.08. The minimum absolute atomic E-state index is 0.107. The van der Waals surface area contributed by atoms with Gasteiger partial charge >= 0.3 is 11.9 Å². The summed E-state index contributed by atoms with van der Waals surface area (Å²) in [6.45, 7) is 10.1. The highest BCUT2D eigenvalue weighted by Gasteiger charge is 2.67. The number of carbonyl (C=O) groups excluding carboxylic acids is 2. The standard InChI is InChI=1S/C24H35N6O8P/c1-13(2)21(31)37-19-17(10-35-39(7,34)29-15(5)22(32)36-14(3)4)38-24(11-25,23(19,6)33)18-9-8-16-20(26)27-12-28-30(16)18/h8-9,12-15,17,19,33H,10H2,1-7H3,(H,29,34)(H2,26,27,28)/t15-,17+,19+,23+,24-,39?/m0/s1. The van der Waals surface area contributed by atoms with Gasteiger partial charge in [-0.3, -0.25) is 14.2 Å². The van der Waals surface area contributed by atoms with Gasteiger partial charge in [0.1, 0.15) is 35.7 Å². The zero-order valence-electron chi connectivity index (χ0n) is 22.9. The first kappa shape index (κ1) is 30.5. The van der Waals surface area contributed by atoms with Crippen molar-refractivity contribution in [3.63, 3.8) is 0 Å². The van der Waals surface area contributed by atoms with Crippen molar-refractivity contribution in [3.05, 3.63) is 24.2 Å². The van der Waals surface area contributed by atoms with Gasteiger partial charge in [0.15, 0.2) is 11.9 Å². The van der Waals surface area contributed by atoms with Crippen molar-refractivity contribution in [2.75, 3.05) is 19.0 Å².